The molecule has 4 rings (SSSR count). The summed E-state index contributed by atoms with van der Waals surface area (Å²) in [6.45, 7) is 6.42. The van der Waals surface area contributed by atoms with Gasteiger partial charge in [0.25, 0.3) is 5.91 Å². The van der Waals surface area contributed by atoms with Crippen LogP contribution in [0.5, 0.6) is 0 Å². The lowest BCUT2D eigenvalue weighted by Crippen LogP contribution is -2.36. The molecule has 0 radical (unpaired) electrons. The lowest BCUT2D eigenvalue weighted by Gasteiger charge is -2.24. The predicted molar refractivity (Wildman–Crippen MR) is 92.8 cm³/mol. The third-order valence-electron chi connectivity index (χ3n) is 5.49. The molecule has 2 aliphatic rings. The Morgan fingerprint density at radius 2 is 2.12 bits per heavy atom. The highest BCUT2D eigenvalue weighted by Gasteiger charge is 2.51. The molecule has 2 aliphatic heterocycles. The summed E-state index contributed by atoms with van der Waals surface area (Å²) in [6.07, 6.45) is 0. The van der Waals surface area contributed by atoms with E-state index in [1.165, 1.54) is 0 Å². The number of rotatable bonds is 3. The minimum absolute atomic E-state index is 0.0159. The Kier molecular flexibility index (Phi) is 3.89. The average Bonchev–Trinajstić information content (AvgIpc) is 3.26. The summed E-state index contributed by atoms with van der Waals surface area (Å²) in [5.74, 6) is 0.248. The van der Waals surface area contributed by atoms with Crippen LogP contribution in [-0.2, 0) is 4.74 Å². The normalized spacial score (nSPS) is 25.4. The van der Waals surface area contributed by atoms with Crippen molar-refractivity contribution in [2.75, 3.05) is 32.9 Å². The number of ether oxygens (including phenoxy) is 1. The Morgan fingerprint density at radius 3 is 2.72 bits per heavy atom. The summed E-state index contributed by atoms with van der Waals surface area (Å²) >= 11 is 0. The lowest BCUT2D eigenvalue weighted by atomic mass is 9.82. The van der Waals surface area contributed by atoms with Crippen molar-refractivity contribution in [3.63, 3.8) is 0 Å². The second-order valence-electron chi connectivity index (χ2n) is 7.30. The smallest absolute Gasteiger partial charge is 0.253 e. The van der Waals surface area contributed by atoms with Crippen LogP contribution in [0.3, 0.4) is 0 Å². The van der Waals surface area contributed by atoms with E-state index < -0.39 is 0 Å². The molecule has 0 spiro atoms. The molecule has 6 heteroatoms. The van der Waals surface area contributed by atoms with Gasteiger partial charge in [-0.05, 0) is 44.2 Å². The van der Waals surface area contributed by atoms with Crippen LogP contribution in [-0.4, -0.2) is 58.6 Å². The summed E-state index contributed by atoms with van der Waals surface area (Å²) < 4.78 is 7.39. The van der Waals surface area contributed by atoms with Crippen molar-refractivity contribution in [3.8, 4) is 5.69 Å². The Labute approximate surface area is 147 Å². The fraction of sp³-hybridized carbons (Fsp3) is 0.474. The number of hydrogen-bond donors (Lipinski definition) is 1. The number of amides is 1. The van der Waals surface area contributed by atoms with Crippen LogP contribution in [0.25, 0.3) is 5.69 Å². The van der Waals surface area contributed by atoms with E-state index in [4.69, 9.17) is 4.74 Å². The number of carbonyl (C=O) groups excluding carboxylic acids is 1. The molecule has 0 saturated carbocycles. The SMILES string of the molecule is Cc1cc(C)n(-c2ccc(C(=O)N3C[C@H]4COC[C@@]4(CO)C3)cc2)n1. The molecule has 1 aromatic heterocycles. The summed E-state index contributed by atoms with van der Waals surface area (Å²) in [7, 11) is 0. The van der Waals surface area contributed by atoms with Crippen LogP contribution >= 0.6 is 0 Å². The first-order valence-corrected chi connectivity index (χ1v) is 8.64. The second-order valence-corrected chi connectivity index (χ2v) is 7.30. The number of aliphatic hydroxyl groups excluding tert-OH is 1. The van der Waals surface area contributed by atoms with Gasteiger partial charge in [0.1, 0.15) is 0 Å². The third-order valence-corrected chi connectivity index (χ3v) is 5.49. The molecule has 0 aliphatic carbocycles. The van der Waals surface area contributed by atoms with Gasteiger partial charge in [0.2, 0.25) is 0 Å². The molecule has 25 heavy (non-hydrogen) atoms. The fourth-order valence-corrected chi connectivity index (χ4v) is 4.03. The zero-order valence-electron chi connectivity index (χ0n) is 14.6. The molecule has 2 aromatic rings. The summed E-state index contributed by atoms with van der Waals surface area (Å²) in [5, 5.41) is 14.2. The van der Waals surface area contributed by atoms with Crippen molar-refractivity contribution in [2.24, 2.45) is 11.3 Å². The second kappa shape index (κ2) is 5.97. The molecule has 3 heterocycles. The van der Waals surface area contributed by atoms with E-state index in [0.717, 1.165) is 17.1 Å². The number of benzene rings is 1. The summed E-state index contributed by atoms with van der Waals surface area (Å²) in [5.41, 5.74) is 3.37. The summed E-state index contributed by atoms with van der Waals surface area (Å²) in [4.78, 5) is 14.7. The molecule has 1 N–H and O–H groups in total. The van der Waals surface area contributed by atoms with Gasteiger partial charge in [-0.1, -0.05) is 0 Å². The number of carbonyl (C=O) groups is 1. The highest BCUT2D eigenvalue weighted by Crippen LogP contribution is 2.41. The number of nitrogens with zero attached hydrogens (tertiary/aromatic N) is 3. The van der Waals surface area contributed by atoms with Crippen LogP contribution in [0.15, 0.2) is 30.3 Å². The van der Waals surface area contributed by atoms with Gasteiger partial charge in [-0.25, -0.2) is 4.68 Å². The minimum atomic E-state index is -0.278. The Bertz CT molecular complexity index is 799. The quantitative estimate of drug-likeness (QED) is 0.920. The van der Waals surface area contributed by atoms with Crippen molar-refractivity contribution >= 4 is 5.91 Å². The molecule has 2 saturated heterocycles. The van der Waals surface area contributed by atoms with Gasteiger partial charge < -0.3 is 14.7 Å². The standard InChI is InChI=1S/C19H23N3O3/c1-13-7-14(2)22(20-13)17-5-3-15(4-6-17)18(24)21-8-16-9-25-12-19(16,10-21)11-23/h3-7,16,23H,8-12H2,1-2H3/t16-,19-/m0/s1. The van der Waals surface area contributed by atoms with E-state index in [-0.39, 0.29) is 23.8 Å². The van der Waals surface area contributed by atoms with E-state index in [9.17, 15) is 9.90 Å². The van der Waals surface area contributed by atoms with Gasteiger partial charge in [-0.15, -0.1) is 0 Å². The topological polar surface area (TPSA) is 67.6 Å². The van der Waals surface area contributed by atoms with Gasteiger partial charge in [-0.3, -0.25) is 4.79 Å². The molecule has 2 atom stereocenters. The lowest BCUT2D eigenvalue weighted by molar-refractivity contribution is 0.0631. The minimum Gasteiger partial charge on any atom is -0.396 e. The number of likely N-dealkylation sites (tertiary alicyclic amines) is 1. The van der Waals surface area contributed by atoms with Gasteiger partial charge in [0.15, 0.2) is 0 Å². The maximum atomic E-state index is 12.8. The zero-order chi connectivity index (χ0) is 17.6. The number of aliphatic hydroxyl groups is 1. The van der Waals surface area contributed by atoms with E-state index >= 15 is 0 Å². The highest BCUT2D eigenvalue weighted by molar-refractivity contribution is 5.94. The molecule has 6 nitrogen and oxygen atoms in total. The van der Waals surface area contributed by atoms with Crippen molar-refractivity contribution < 1.29 is 14.6 Å². The van der Waals surface area contributed by atoms with Crippen molar-refractivity contribution in [3.05, 3.63) is 47.3 Å². The monoisotopic (exact) mass is 341 g/mol. The molecule has 1 amide bonds. The van der Waals surface area contributed by atoms with Gasteiger partial charge in [0.05, 0.1) is 31.2 Å². The Morgan fingerprint density at radius 1 is 1.36 bits per heavy atom. The maximum absolute atomic E-state index is 12.8. The predicted octanol–water partition coefficient (Wildman–Crippen LogP) is 1.57. The average molecular weight is 341 g/mol. The Balaban J connectivity index is 1.53. The van der Waals surface area contributed by atoms with Crippen LogP contribution in [0.2, 0.25) is 0 Å². The molecule has 0 unspecified atom stereocenters. The van der Waals surface area contributed by atoms with Crippen molar-refractivity contribution in [1.29, 1.82) is 0 Å². The number of fused-ring (bicyclic) bond motifs is 1. The first-order valence-electron chi connectivity index (χ1n) is 8.64. The van der Waals surface area contributed by atoms with Gasteiger partial charge in [0, 0.05) is 35.7 Å². The largest absolute Gasteiger partial charge is 0.396 e. The Hall–Kier alpha value is -2.18. The molecule has 1 aromatic carbocycles. The van der Waals surface area contributed by atoms with E-state index in [0.29, 0.717) is 31.9 Å². The van der Waals surface area contributed by atoms with Crippen molar-refractivity contribution in [2.45, 2.75) is 13.8 Å². The van der Waals surface area contributed by atoms with Crippen molar-refractivity contribution in [1.82, 2.24) is 14.7 Å². The number of aryl methyl sites for hydroxylation is 2. The van der Waals surface area contributed by atoms with Gasteiger partial charge >= 0.3 is 0 Å². The first-order chi connectivity index (χ1) is 12.0. The van der Waals surface area contributed by atoms with E-state index in [2.05, 4.69) is 5.10 Å². The zero-order valence-corrected chi connectivity index (χ0v) is 14.6. The molecule has 2 fully saturated rings. The molecule has 0 bridgehead atoms. The third kappa shape index (κ3) is 2.65. The summed E-state index contributed by atoms with van der Waals surface area (Å²) in [6, 6.07) is 9.58. The van der Waals surface area contributed by atoms with E-state index in [1.54, 1.807) is 0 Å². The van der Waals surface area contributed by atoms with Crippen LogP contribution in [0.4, 0.5) is 0 Å². The number of hydrogen-bond acceptors (Lipinski definition) is 4. The molecular weight excluding hydrogens is 318 g/mol. The fourth-order valence-electron chi connectivity index (χ4n) is 4.03. The van der Waals surface area contributed by atoms with E-state index in [1.807, 2.05) is 53.8 Å². The van der Waals surface area contributed by atoms with Crippen LogP contribution in [0.1, 0.15) is 21.7 Å². The van der Waals surface area contributed by atoms with Crippen LogP contribution in [0, 0.1) is 25.2 Å². The van der Waals surface area contributed by atoms with Gasteiger partial charge in [-0.2, -0.15) is 5.10 Å². The molecule has 132 valence electrons. The maximum Gasteiger partial charge on any atom is 0.253 e. The molecular formula is C19H23N3O3. The van der Waals surface area contributed by atoms with Crippen LogP contribution < -0.4 is 0 Å². The highest BCUT2D eigenvalue weighted by atomic mass is 16.5. The first kappa shape index (κ1) is 16.3. The number of aromatic nitrogens is 2.